The van der Waals surface area contributed by atoms with Crippen LogP contribution in [0.5, 0.6) is 5.88 Å². The quantitative estimate of drug-likeness (QED) is 0.589. The highest BCUT2D eigenvalue weighted by molar-refractivity contribution is 5.77. The number of carbonyl (C=O) groups is 1. The van der Waals surface area contributed by atoms with Crippen LogP contribution in [0, 0.1) is 11.7 Å². The van der Waals surface area contributed by atoms with E-state index >= 15 is 0 Å². The molecule has 1 aromatic heterocycles. The van der Waals surface area contributed by atoms with Crippen molar-refractivity contribution < 1.29 is 22.7 Å². The monoisotopic (exact) mass is 406 g/mol. The number of carbonyl (C=O) groups excluding carboxylic acids is 1. The number of aldehydes is 1. The van der Waals surface area contributed by atoms with E-state index in [0.29, 0.717) is 43.3 Å². The van der Waals surface area contributed by atoms with Gasteiger partial charge in [0, 0.05) is 24.2 Å². The molecule has 1 saturated heterocycles. The minimum Gasteiger partial charge on any atom is -0.477 e. The Morgan fingerprint density at radius 1 is 1.21 bits per heavy atom. The molecule has 1 aliphatic heterocycles. The number of benzene rings is 1. The van der Waals surface area contributed by atoms with Crippen molar-refractivity contribution in [1.29, 1.82) is 0 Å². The smallest absolute Gasteiger partial charge is 0.260 e. The highest BCUT2D eigenvalue weighted by atomic mass is 19.3. The average molecular weight is 406 g/mol. The first kappa shape index (κ1) is 21.3. The first-order chi connectivity index (χ1) is 13.9. The number of pyridine rings is 1. The largest absolute Gasteiger partial charge is 0.477 e. The van der Waals surface area contributed by atoms with Gasteiger partial charge < -0.3 is 4.74 Å². The molecule has 156 valence electrons. The number of alkyl halides is 2. The van der Waals surface area contributed by atoms with Gasteiger partial charge in [0.15, 0.2) is 6.29 Å². The lowest BCUT2D eigenvalue weighted by molar-refractivity contribution is -0.0428. The van der Waals surface area contributed by atoms with Crippen molar-refractivity contribution in [1.82, 2.24) is 9.88 Å². The molecule has 4 nitrogen and oxygen atoms in total. The Morgan fingerprint density at radius 2 is 1.93 bits per heavy atom. The number of nitrogens with zero attached hydrogens (tertiary/aromatic N) is 2. The van der Waals surface area contributed by atoms with Gasteiger partial charge >= 0.3 is 0 Å². The summed E-state index contributed by atoms with van der Waals surface area (Å²) in [5.41, 5.74) is 1.37. The van der Waals surface area contributed by atoms with Gasteiger partial charge in [0.2, 0.25) is 5.88 Å². The van der Waals surface area contributed by atoms with Crippen LogP contribution < -0.4 is 4.74 Å². The van der Waals surface area contributed by atoms with Gasteiger partial charge in [-0.3, -0.25) is 9.69 Å². The Morgan fingerprint density at radius 3 is 2.52 bits per heavy atom. The molecule has 0 bridgehead atoms. The first-order valence-corrected chi connectivity index (χ1v) is 9.84. The molecule has 1 aliphatic rings. The summed E-state index contributed by atoms with van der Waals surface area (Å²) in [6.07, 6.45) is 3.58. The van der Waals surface area contributed by atoms with Crippen LogP contribution in [-0.4, -0.2) is 48.3 Å². The fourth-order valence-electron chi connectivity index (χ4n) is 3.39. The summed E-state index contributed by atoms with van der Waals surface area (Å²) in [6.45, 7) is 3.13. The van der Waals surface area contributed by atoms with E-state index in [1.54, 1.807) is 24.4 Å². The normalized spacial score (nSPS) is 16.0. The van der Waals surface area contributed by atoms with E-state index in [0.717, 1.165) is 18.4 Å². The summed E-state index contributed by atoms with van der Waals surface area (Å²) in [4.78, 5) is 16.8. The van der Waals surface area contributed by atoms with E-state index in [1.807, 2.05) is 4.90 Å². The second kappa shape index (κ2) is 9.39. The van der Waals surface area contributed by atoms with Crippen LogP contribution in [0.2, 0.25) is 0 Å². The predicted molar refractivity (Wildman–Crippen MR) is 105 cm³/mol. The molecule has 29 heavy (non-hydrogen) atoms. The molecule has 2 heterocycles. The first-order valence-electron chi connectivity index (χ1n) is 9.84. The number of ether oxygens (including phenoxy) is 1. The Kier molecular flexibility index (Phi) is 6.90. The molecule has 0 radical (unpaired) electrons. The zero-order chi connectivity index (χ0) is 20.9. The van der Waals surface area contributed by atoms with E-state index in [-0.39, 0.29) is 18.5 Å². The molecule has 0 unspecified atom stereocenters. The molecule has 1 aromatic carbocycles. The zero-order valence-electron chi connectivity index (χ0n) is 16.4. The van der Waals surface area contributed by atoms with Crippen LogP contribution in [0.3, 0.4) is 0 Å². The molecule has 2 aromatic rings. The van der Waals surface area contributed by atoms with Gasteiger partial charge in [0.25, 0.3) is 5.92 Å². The maximum Gasteiger partial charge on any atom is 0.260 e. The predicted octanol–water partition coefficient (Wildman–Crippen LogP) is 4.84. The van der Waals surface area contributed by atoms with Crippen LogP contribution in [0.15, 0.2) is 36.5 Å². The summed E-state index contributed by atoms with van der Waals surface area (Å²) in [5.74, 6) is -2.40. The molecule has 7 heteroatoms. The summed E-state index contributed by atoms with van der Waals surface area (Å²) < 4.78 is 46.5. The van der Waals surface area contributed by atoms with Gasteiger partial charge in [0.1, 0.15) is 5.82 Å². The highest BCUT2D eigenvalue weighted by Gasteiger charge is 2.31. The van der Waals surface area contributed by atoms with Crippen LogP contribution in [0.4, 0.5) is 13.2 Å². The SMILES string of the molecule is CCC(F)(F)CN1CCC(COc2ccc(-c3ccc(C=O)c(F)c3)cn2)CC1. The van der Waals surface area contributed by atoms with E-state index in [9.17, 15) is 18.0 Å². The van der Waals surface area contributed by atoms with Gasteiger partial charge in [-0.05, 0) is 55.6 Å². The van der Waals surface area contributed by atoms with Crippen LogP contribution in [0.25, 0.3) is 11.1 Å². The van der Waals surface area contributed by atoms with Crippen molar-refractivity contribution in [2.24, 2.45) is 5.92 Å². The summed E-state index contributed by atoms with van der Waals surface area (Å²) in [6, 6.07) is 7.91. The van der Waals surface area contributed by atoms with Crippen LogP contribution in [0.1, 0.15) is 36.5 Å². The van der Waals surface area contributed by atoms with Crippen LogP contribution >= 0.6 is 0 Å². The fraction of sp³-hybridized carbons (Fsp3) is 0.455. The lowest BCUT2D eigenvalue weighted by Gasteiger charge is -2.33. The number of piperidine rings is 1. The number of hydrogen-bond donors (Lipinski definition) is 0. The molecule has 0 aliphatic carbocycles. The van der Waals surface area contributed by atoms with Crippen molar-refractivity contribution in [3.63, 3.8) is 0 Å². The third-order valence-electron chi connectivity index (χ3n) is 5.34. The van der Waals surface area contributed by atoms with Crippen molar-refractivity contribution in [2.75, 3.05) is 26.2 Å². The molecule has 0 amide bonds. The standard InChI is InChI=1S/C22H25F3N2O2/c1-2-22(24,25)15-27-9-7-16(8-10-27)14-29-21-6-5-18(12-26-21)17-3-4-19(13-28)20(23)11-17/h3-6,11-13,16H,2,7-10,14-15H2,1H3. The zero-order valence-corrected chi connectivity index (χ0v) is 16.4. The topological polar surface area (TPSA) is 42.4 Å². The van der Waals surface area contributed by atoms with E-state index in [4.69, 9.17) is 4.74 Å². The van der Waals surface area contributed by atoms with Gasteiger partial charge in [-0.2, -0.15) is 0 Å². The Labute approximate surface area is 168 Å². The third-order valence-corrected chi connectivity index (χ3v) is 5.34. The number of aromatic nitrogens is 1. The average Bonchev–Trinajstić information content (AvgIpc) is 2.73. The Hall–Kier alpha value is -2.41. The molecule has 0 N–H and O–H groups in total. The molecular formula is C22H25F3N2O2. The highest BCUT2D eigenvalue weighted by Crippen LogP contribution is 2.25. The van der Waals surface area contributed by atoms with E-state index in [1.165, 1.54) is 19.1 Å². The van der Waals surface area contributed by atoms with Crippen molar-refractivity contribution in [2.45, 2.75) is 32.1 Å². The number of halogens is 3. The Balaban J connectivity index is 1.49. The van der Waals surface area contributed by atoms with Crippen molar-refractivity contribution in [3.8, 4) is 17.0 Å². The second-order valence-corrected chi connectivity index (χ2v) is 7.48. The minimum atomic E-state index is -2.62. The van der Waals surface area contributed by atoms with E-state index < -0.39 is 11.7 Å². The molecule has 0 atom stereocenters. The number of hydrogen-bond acceptors (Lipinski definition) is 4. The maximum absolute atomic E-state index is 13.8. The van der Waals surface area contributed by atoms with Gasteiger partial charge in [0.05, 0.1) is 18.7 Å². The van der Waals surface area contributed by atoms with Crippen LogP contribution in [-0.2, 0) is 0 Å². The molecule has 0 spiro atoms. The lowest BCUT2D eigenvalue weighted by Crippen LogP contribution is -2.42. The Bertz CT molecular complexity index is 819. The number of rotatable bonds is 8. The minimum absolute atomic E-state index is 0.0196. The molecule has 1 fully saturated rings. The fourth-order valence-corrected chi connectivity index (χ4v) is 3.39. The van der Waals surface area contributed by atoms with Crippen molar-refractivity contribution >= 4 is 6.29 Å². The second-order valence-electron chi connectivity index (χ2n) is 7.48. The maximum atomic E-state index is 13.8. The van der Waals surface area contributed by atoms with Gasteiger partial charge in [-0.1, -0.05) is 13.0 Å². The molecule has 3 rings (SSSR count). The summed E-state index contributed by atoms with van der Waals surface area (Å²) >= 11 is 0. The lowest BCUT2D eigenvalue weighted by atomic mass is 9.97. The molecular weight excluding hydrogens is 381 g/mol. The van der Waals surface area contributed by atoms with Gasteiger partial charge in [-0.15, -0.1) is 0 Å². The summed E-state index contributed by atoms with van der Waals surface area (Å²) in [5, 5.41) is 0. The van der Waals surface area contributed by atoms with E-state index in [2.05, 4.69) is 4.98 Å². The third kappa shape index (κ3) is 5.79. The van der Waals surface area contributed by atoms with Crippen molar-refractivity contribution in [3.05, 3.63) is 47.9 Å². The number of likely N-dealkylation sites (tertiary alicyclic amines) is 1. The summed E-state index contributed by atoms with van der Waals surface area (Å²) in [7, 11) is 0. The van der Waals surface area contributed by atoms with Gasteiger partial charge in [-0.25, -0.2) is 18.2 Å². The molecule has 0 saturated carbocycles.